The van der Waals surface area contributed by atoms with Gasteiger partial charge in [-0.15, -0.1) is 0 Å². The van der Waals surface area contributed by atoms with Gasteiger partial charge in [0, 0.05) is 0 Å². The molecule has 0 bridgehead atoms. The maximum Gasteiger partial charge on any atom is 1.00 e. The van der Waals surface area contributed by atoms with Gasteiger partial charge in [-0.05, 0) is 0 Å². The van der Waals surface area contributed by atoms with E-state index in [0.717, 1.165) is 0 Å². The van der Waals surface area contributed by atoms with E-state index in [2.05, 4.69) is 6.07 Å². The quantitative estimate of drug-likeness (QED) is 0.242. The molecule has 0 unspecified atom stereocenters. The van der Waals surface area contributed by atoms with Crippen LogP contribution < -0.4 is 70.2 Å². The third kappa shape index (κ3) is 5.59. The monoisotopic (exact) mass is 124 g/mol. The summed E-state index contributed by atoms with van der Waals surface area (Å²) in [6.07, 6.45) is 0. The van der Waals surface area contributed by atoms with E-state index in [1.807, 2.05) is 30.3 Å². The molecule has 0 nitrogen and oxygen atoms in total. The summed E-state index contributed by atoms with van der Waals surface area (Å²) < 4.78 is 0. The Labute approximate surface area is 106 Å². The molecule has 1 aromatic carbocycles. The Bertz CT molecular complexity index is 85.0. The van der Waals surface area contributed by atoms with Gasteiger partial charge in [0.1, 0.15) is 0 Å². The molecule has 0 radical (unpaired) electrons. The summed E-state index contributed by atoms with van der Waals surface area (Å²) in [6, 6.07) is 12.5. The van der Waals surface area contributed by atoms with Gasteiger partial charge in [-0.3, -0.25) is 0 Å². The topological polar surface area (TPSA) is 0 Å². The summed E-state index contributed by atoms with van der Waals surface area (Å²) in [4.78, 5) is 0. The zero-order valence-electron chi connectivity index (χ0n) is 6.39. The molecule has 2 heteroatoms. The minimum absolute atomic E-state index is 0. The summed E-state index contributed by atoms with van der Waals surface area (Å²) in [7, 11) is 0. The van der Waals surface area contributed by atoms with Gasteiger partial charge in [-0.1, -0.05) is 0 Å². The summed E-state index contributed by atoms with van der Waals surface area (Å²) in [5.74, 6) is 0. The van der Waals surface area contributed by atoms with Crippen LogP contribution in [0.1, 0.15) is 1.43 Å². The molecule has 0 amide bonds. The standard InChI is InChI=1S/C6H5.K.Li.H/c1-2-4-6-5-3-1;;;/h1-5H;;;/q-1;2*+1;-1. The van der Waals surface area contributed by atoms with Gasteiger partial charge in [-0.2, -0.15) is 36.4 Å². The molecule has 0 aliphatic rings. The third-order valence-electron chi connectivity index (χ3n) is 0.607. The fourth-order valence-electron chi connectivity index (χ4n) is 0.342. The third-order valence-corrected chi connectivity index (χ3v) is 0.607. The largest absolute Gasteiger partial charge is 1.00 e. The second kappa shape index (κ2) is 8.45. The molecule has 0 aromatic heterocycles. The molecule has 0 aliphatic carbocycles. The van der Waals surface area contributed by atoms with Crippen LogP contribution in [0.25, 0.3) is 0 Å². The fourth-order valence-corrected chi connectivity index (χ4v) is 0.342. The molecule has 0 fully saturated rings. The van der Waals surface area contributed by atoms with Crippen LogP contribution >= 0.6 is 0 Å². The van der Waals surface area contributed by atoms with E-state index in [-0.39, 0.29) is 71.7 Å². The van der Waals surface area contributed by atoms with Gasteiger partial charge < -0.3 is 1.43 Å². The Morgan fingerprint density at radius 1 is 1.00 bits per heavy atom. The average Bonchev–Trinajstić information content (AvgIpc) is 1.72. The van der Waals surface area contributed by atoms with Crippen molar-refractivity contribution >= 4 is 0 Å². The van der Waals surface area contributed by atoms with Crippen LogP contribution in [0.4, 0.5) is 0 Å². The Morgan fingerprint density at radius 3 is 1.62 bits per heavy atom. The van der Waals surface area contributed by atoms with Crippen LogP contribution in [0.2, 0.25) is 0 Å². The molecular formula is C6H6KLi. The Morgan fingerprint density at radius 2 is 1.50 bits per heavy atom. The van der Waals surface area contributed by atoms with Crippen molar-refractivity contribution in [2.45, 2.75) is 0 Å². The zero-order chi connectivity index (χ0) is 4.24. The molecule has 0 heterocycles. The maximum atomic E-state index is 2.89. The molecule has 8 heavy (non-hydrogen) atoms. The van der Waals surface area contributed by atoms with Gasteiger partial charge in [0.15, 0.2) is 0 Å². The number of benzene rings is 1. The molecule has 0 saturated heterocycles. The van der Waals surface area contributed by atoms with Gasteiger partial charge in [0.2, 0.25) is 0 Å². The van der Waals surface area contributed by atoms with E-state index in [1.54, 1.807) is 0 Å². The van der Waals surface area contributed by atoms with Crippen LogP contribution in [0.3, 0.4) is 0 Å². The molecule has 0 spiro atoms. The zero-order valence-corrected chi connectivity index (χ0v) is 8.51. The van der Waals surface area contributed by atoms with Crippen LogP contribution in [-0.2, 0) is 0 Å². The van der Waals surface area contributed by atoms with Crippen molar-refractivity contribution in [1.82, 2.24) is 0 Å². The Hall–Kier alpha value is 1.45. The summed E-state index contributed by atoms with van der Waals surface area (Å²) >= 11 is 0. The SMILES string of the molecule is [H-].[K+].[Li+].[c-]1ccccc1. The van der Waals surface area contributed by atoms with E-state index in [1.165, 1.54) is 0 Å². The minimum atomic E-state index is 0. The Kier molecular flexibility index (Phi) is 12.9. The van der Waals surface area contributed by atoms with Crippen LogP contribution in [0, 0.1) is 6.07 Å². The molecule has 0 saturated carbocycles. The first-order valence-corrected chi connectivity index (χ1v) is 1.91. The van der Waals surface area contributed by atoms with Crippen molar-refractivity contribution in [1.29, 1.82) is 0 Å². The van der Waals surface area contributed by atoms with E-state index < -0.39 is 0 Å². The van der Waals surface area contributed by atoms with Crippen molar-refractivity contribution in [3.63, 3.8) is 0 Å². The van der Waals surface area contributed by atoms with Crippen molar-refractivity contribution in [3.05, 3.63) is 36.4 Å². The second-order valence-electron chi connectivity index (χ2n) is 1.08. The number of hydrogen-bond donors (Lipinski definition) is 0. The average molecular weight is 124 g/mol. The first-order valence-electron chi connectivity index (χ1n) is 1.91. The van der Waals surface area contributed by atoms with Crippen LogP contribution in [-0.4, -0.2) is 0 Å². The van der Waals surface area contributed by atoms with E-state index >= 15 is 0 Å². The summed E-state index contributed by atoms with van der Waals surface area (Å²) in [5, 5.41) is 0. The fraction of sp³-hybridized carbons (Fsp3) is 0. The number of rotatable bonds is 0. The maximum absolute atomic E-state index is 2.89. The minimum Gasteiger partial charge on any atom is -1.00 e. The van der Waals surface area contributed by atoms with Gasteiger partial charge >= 0.3 is 70.2 Å². The van der Waals surface area contributed by atoms with Crippen molar-refractivity contribution in [2.24, 2.45) is 0 Å². The van der Waals surface area contributed by atoms with Gasteiger partial charge in [0.05, 0.1) is 0 Å². The Balaban J connectivity index is -0.000000120. The van der Waals surface area contributed by atoms with E-state index in [9.17, 15) is 0 Å². The van der Waals surface area contributed by atoms with Crippen LogP contribution in [0.5, 0.6) is 0 Å². The van der Waals surface area contributed by atoms with Gasteiger partial charge in [0.25, 0.3) is 0 Å². The smallest absolute Gasteiger partial charge is 1.00 e. The van der Waals surface area contributed by atoms with Crippen molar-refractivity contribution < 1.29 is 71.7 Å². The molecule has 0 aliphatic heterocycles. The molecule has 1 rings (SSSR count). The molecule has 0 atom stereocenters. The van der Waals surface area contributed by atoms with Crippen molar-refractivity contribution in [3.8, 4) is 0 Å². The number of hydrogen-bond acceptors (Lipinski definition) is 0. The second-order valence-corrected chi connectivity index (χ2v) is 1.08. The molecule has 32 valence electrons. The normalized spacial score (nSPS) is 6.00. The summed E-state index contributed by atoms with van der Waals surface area (Å²) in [5.41, 5.74) is 0. The van der Waals surface area contributed by atoms with E-state index in [0.29, 0.717) is 0 Å². The summed E-state index contributed by atoms with van der Waals surface area (Å²) in [6.45, 7) is 0. The first-order chi connectivity index (χ1) is 3.00. The van der Waals surface area contributed by atoms with Crippen molar-refractivity contribution in [2.75, 3.05) is 0 Å². The van der Waals surface area contributed by atoms with Crippen LogP contribution in [0.15, 0.2) is 30.3 Å². The molecule has 0 N–H and O–H groups in total. The predicted molar refractivity (Wildman–Crippen MR) is 26.4 cm³/mol. The predicted octanol–water partition coefficient (Wildman–Crippen LogP) is -4.39. The van der Waals surface area contributed by atoms with Gasteiger partial charge in [-0.25, -0.2) is 0 Å². The molecular weight excluding hydrogens is 118 g/mol. The van der Waals surface area contributed by atoms with E-state index in [4.69, 9.17) is 0 Å². The molecule has 1 aromatic rings. The first kappa shape index (κ1) is 12.2.